The standard InChI is InChI=1S/C21H27NO3S.6C4H9.2Sn/c1-5-8-18-10-7-11-19(9-6-2)22(18)21(23)17(4)26(24,25)20-14-12-16(3)13-15-20;6*1-3-4-2;;/h12-15,18-19H,1-2,5-11H2,3H3;6*1,3-4H2,2H3;;/t18-,19-;;;;;;;;/m0......../s1. The quantitative estimate of drug-likeness (QED) is 0.0594. The second-order valence-corrected chi connectivity index (χ2v) is 47.4. The number of amides is 1. The van der Waals surface area contributed by atoms with Crippen LogP contribution in [0, 0.1) is 13.5 Å². The monoisotopic (exact) mass is 955 g/mol. The molecule has 7 heteroatoms. The Morgan fingerprint density at radius 3 is 1.27 bits per heavy atom. The van der Waals surface area contributed by atoms with Crippen LogP contribution in [0.3, 0.4) is 0 Å². The van der Waals surface area contributed by atoms with Crippen molar-refractivity contribution in [1.82, 2.24) is 4.90 Å². The van der Waals surface area contributed by atoms with E-state index < -0.39 is 57.4 Å². The molecule has 0 unspecified atom stereocenters. The average Bonchev–Trinajstić information content (AvgIpc) is 3.15. The zero-order valence-corrected chi connectivity index (χ0v) is 41.7. The molecule has 0 aromatic heterocycles. The topological polar surface area (TPSA) is 54.5 Å². The van der Waals surface area contributed by atoms with Gasteiger partial charge in [0.25, 0.3) is 0 Å². The maximum atomic E-state index is 14.5. The van der Waals surface area contributed by atoms with Crippen molar-refractivity contribution in [3.8, 4) is 0 Å². The first-order valence-electron chi connectivity index (χ1n) is 22.2. The molecule has 298 valence electrons. The van der Waals surface area contributed by atoms with Crippen LogP contribution in [-0.2, 0) is 14.6 Å². The number of likely N-dealkylation sites (tertiary alicyclic amines) is 1. The van der Waals surface area contributed by atoms with Crippen molar-refractivity contribution >= 4 is 52.5 Å². The molecule has 1 aromatic carbocycles. The maximum absolute atomic E-state index is 14.5. The Hall–Kier alpha value is -0.0226. The van der Waals surface area contributed by atoms with Crippen molar-refractivity contribution in [2.45, 2.75) is 223 Å². The fourth-order valence-electron chi connectivity index (χ4n) is 9.37. The molecule has 2 radical (unpaired) electrons. The summed E-state index contributed by atoms with van der Waals surface area (Å²) in [5.41, 5.74) is 0.962. The van der Waals surface area contributed by atoms with Crippen LogP contribution in [0.15, 0.2) is 34.1 Å². The number of aryl methyl sites for hydroxylation is 1. The van der Waals surface area contributed by atoms with E-state index in [9.17, 15) is 13.2 Å². The number of nitrogens with zero attached hydrogens (tertiary/aromatic N) is 1. The molecule has 1 aliphatic rings. The number of hydrogen-bond donors (Lipinski definition) is 0. The summed E-state index contributed by atoms with van der Waals surface area (Å²) < 4.78 is 39.4. The van der Waals surface area contributed by atoms with Crippen molar-refractivity contribution in [3.05, 3.63) is 41.3 Å². The van der Waals surface area contributed by atoms with Gasteiger partial charge in [0.1, 0.15) is 0 Å². The van der Waals surface area contributed by atoms with Gasteiger partial charge in [0.15, 0.2) is 0 Å². The first-order chi connectivity index (χ1) is 25.0. The summed E-state index contributed by atoms with van der Waals surface area (Å²) in [5.74, 6) is -0.536. The van der Waals surface area contributed by atoms with Crippen LogP contribution in [0.1, 0.15) is 169 Å². The Morgan fingerprint density at radius 1 is 0.615 bits per heavy atom. The number of benzene rings is 1. The van der Waals surface area contributed by atoms with Crippen molar-refractivity contribution in [2.24, 2.45) is 0 Å². The zero-order chi connectivity index (χ0) is 38.5. The van der Waals surface area contributed by atoms with Gasteiger partial charge in [-0.15, -0.1) is 0 Å². The summed E-state index contributed by atoms with van der Waals surface area (Å²) in [6, 6.07) is 6.73. The van der Waals surface area contributed by atoms with E-state index in [-0.39, 0.29) is 17.0 Å². The molecule has 0 bridgehead atoms. The van der Waals surface area contributed by atoms with Gasteiger partial charge in [-0.25, -0.2) is 0 Å². The van der Waals surface area contributed by atoms with E-state index in [0.717, 1.165) is 50.5 Å². The van der Waals surface area contributed by atoms with Crippen molar-refractivity contribution in [2.75, 3.05) is 0 Å². The predicted molar refractivity (Wildman–Crippen MR) is 231 cm³/mol. The number of unbranched alkanes of at least 4 members (excludes halogenated alkanes) is 6. The zero-order valence-electron chi connectivity index (χ0n) is 35.1. The average molecular weight is 954 g/mol. The van der Waals surface area contributed by atoms with Crippen molar-refractivity contribution in [3.63, 3.8) is 0 Å². The van der Waals surface area contributed by atoms with E-state index in [4.69, 9.17) is 6.58 Å². The van der Waals surface area contributed by atoms with Gasteiger partial charge < -0.3 is 0 Å². The second kappa shape index (κ2) is 26.0. The summed E-state index contributed by atoms with van der Waals surface area (Å²) in [5, 5.41) is 0. The van der Waals surface area contributed by atoms with E-state index >= 15 is 0 Å². The van der Waals surface area contributed by atoms with Crippen LogP contribution >= 0.6 is 0 Å². The number of rotatable bonds is 29. The molecule has 1 aromatic rings. The third kappa shape index (κ3) is 15.5. The molecule has 0 N–H and O–H groups in total. The molecular formula is C45H81NO3SSn2. The summed E-state index contributed by atoms with van der Waals surface area (Å²) in [7, 11) is -4.19. The molecule has 0 spiro atoms. The van der Waals surface area contributed by atoms with Crippen LogP contribution in [0.5, 0.6) is 0 Å². The molecule has 4 nitrogen and oxygen atoms in total. The summed E-state index contributed by atoms with van der Waals surface area (Å²) in [6.07, 6.45) is 23.1. The van der Waals surface area contributed by atoms with E-state index in [0.29, 0.717) is 0 Å². The van der Waals surface area contributed by atoms with Gasteiger partial charge in [0, 0.05) is 0 Å². The van der Waals surface area contributed by atoms with Gasteiger partial charge in [0.2, 0.25) is 0 Å². The van der Waals surface area contributed by atoms with Crippen LogP contribution in [-0.4, -0.2) is 68.1 Å². The third-order valence-corrected chi connectivity index (χ3v) is 46.6. The fourth-order valence-corrected chi connectivity index (χ4v) is 43.3. The third-order valence-electron chi connectivity index (χ3n) is 12.7. The van der Waals surface area contributed by atoms with Crippen LogP contribution in [0.25, 0.3) is 0 Å². The normalized spacial score (nSPS) is 17.1. The molecule has 1 amide bonds. The number of piperidine rings is 1. The van der Waals surface area contributed by atoms with Gasteiger partial charge >= 0.3 is 328 Å². The molecule has 0 aliphatic carbocycles. The Kier molecular flexibility index (Phi) is 24.1. The summed E-state index contributed by atoms with van der Waals surface area (Å²) >= 11 is -4.68. The first-order valence-corrected chi connectivity index (χ1v) is 39.8. The van der Waals surface area contributed by atoms with E-state index in [1.54, 1.807) is 24.3 Å². The minimum atomic E-state index is -4.19. The number of hydrogen-bond acceptors (Lipinski definition) is 3. The fraction of sp³-hybridized carbons (Fsp3) is 0.800. The second-order valence-electron chi connectivity index (χ2n) is 17.0. The molecule has 0 saturated carbocycles. The van der Waals surface area contributed by atoms with Gasteiger partial charge in [-0.1, -0.05) is 0 Å². The molecule has 2 atom stereocenters. The number of sulfone groups is 1. The summed E-state index contributed by atoms with van der Waals surface area (Å²) in [4.78, 5) is 15.8. The van der Waals surface area contributed by atoms with Gasteiger partial charge in [0.05, 0.1) is 0 Å². The Morgan fingerprint density at radius 2 is 0.942 bits per heavy atom. The number of carbonyl (C=O) groups excluding carboxylic acids is 1. The van der Waals surface area contributed by atoms with E-state index in [2.05, 4.69) is 41.5 Å². The SMILES string of the molecule is [C]=C(C(=O)N1[C@@H](CC[CH2][Sn]([CH2]CCC)([CH2]CCC)[CH2]CCC)CCC[C@@H]1CC[CH2][Sn]([CH2]CCC)([CH2]CCC)[CH2]CCC)S(=O)(=O)c1ccc(C)cc1. The molecule has 2 rings (SSSR count). The Bertz CT molecular complexity index is 1160. The molecular weight excluding hydrogens is 872 g/mol. The molecule has 1 fully saturated rings. The van der Waals surface area contributed by atoms with E-state index in [1.165, 1.54) is 113 Å². The van der Waals surface area contributed by atoms with Gasteiger partial charge in [-0.3, -0.25) is 0 Å². The van der Waals surface area contributed by atoms with Crippen molar-refractivity contribution < 1.29 is 13.2 Å². The van der Waals surface area contributed by atoms with Crippen LogP contribution < -0.4 is 0 Å². The van der Waals surface area contributed by atoms with Crippen LogP contribution in [0.4, 0.5) is 0 Å². The molecule has 1 saturated heterocycles. The molecule has 1 heterocycles. The number of carbonyl (C=O) groups is 1. The summed E-state index contributed by atoms with van der Waals surface area (Å²) in [6.45, 7) is 24.9. The van der Waals surface area contributed by atoms with Crippen LogP contribution in [0.2, 0.25) is 35.5 Å². The Labute approximate surface area is 332 Å². The predicted octanol–water partition coefficient (Wildman–Crippen LogP) is 14.0. The Balaban J connectivity index is 2.40. The molecule has 1 aliphatic heterocycles. The van der Waals surface area contributed by atoms with Gasteiger partial charge in [-0.2, -0.15) is 0 Å². The van der Waals surface area contributed by atoms with Gasteiger partial charge in [-0.05, 0) is 6.92 Å². The van der Waals surface area contributed by atoms with Crippen molar-refractivity contribution in [1.29, 1.82) is 0 Å². The minimum absolute atomic E-state index is 0.0425. The van der Waals surface area contributed by atoms with E-state index in [1.807, 2.05) is 11.8 Å². The first kappa shape index (κ1) is 48.1. The molecule has 52 heavy (non-hydrogen) atoms.